The predicted octanol–water partition coefficient (Wildman–Crippen LogP) is 1.72. The van der Waals surface area contributed by atoms with Crippen LogP contribution in [0.5, 0.6) is 0 Å². The van der Waals surface area contributed by atoms with Crippen LogP contribution in [0.1, 0.15) is 16.2 Å². The lowest BCUT2D eigenvalue weighted by Crippen LogP contribution is -2.18. The number of amides is 1. The number of hydrogen-bond acceptors (Lipinski definition) is 5. The normalized spacial score (nSPS) is 12.7. The van der Waals surface area contributed by atoms with Crippen LogP contribution in [0.3, 0.4) is 0 Å². The second-order valence-electron chi connectivity index (χ2n) is 3.86. The largest absolute Gasteiger partial charge is 0.435 e. The van der Waals surface area contributed by atoms with E-state index in [0.717, 1.165) is 6.07 Å². The standard InChI is InChI=1S/C11H7F3N4O3S/c12-11(13,14)8-4-3-6(17-18-8)9(19)16-7-2-1-5-15-10(7)22(20)21/h1-5H,(H,16,19)(H,20,21). The summed E-state index contributed by atoms with van der Waals surface area (Å²) in [6.07, 6.45) is -3.41. The molecule has 0 fully saturated rings. The van der Waals surface area contributed by atoms with E-state index in [1.807, 2.05) is 0 Å². The Labute approximate surface area is 123 Å². The number of halogens is 3. The number of nitrogens with zero attached hydrogens (tertiary/aromatic N) is 3. The Morgan fingerprint density at radius 3 is 2.50 bits per heavy atom. The van der Waals surface area contributed by atoms with Crippen LogP contribution < -0.4 is 5.32 Å². The molecule has 1 amide bonds. The van der Waals surface area contributed by atoms with E-state index in [-0.39, 0.29) is 16.4 Å². The van der Waals surface area contributed by atoms with Crippen molar-refractivity contribution in [2.75, 3.05) is 5.32 Å². The van der Waals surface area contributed by atoms with Gasteiger partial charge in [0.15, 0.2) is 16.4 Å². The highest BCUT2D eigenvalue weighted by atomic mass is 32.2. The molecule has 0 saturated carbocycles. The molecule has 1 atom stereocenters. The first-order valence-corrected chi connectivity index (χ1v) is 6.68. The molecular weight excluding hydrogens is 325 g/mol. The SMILES string of the molecule is O=C(Nc1cccnc1S(=O)O)c1ccc(C(F)(F)F)nn1. The van der Waals surface area contributed by atoms with Gasteiger partial charge in [0.05, 0.1) is 5.69 Å². The number of carbonyl (C=O) groups is 1. The molecule has 0 bridgehead atoms. The van der Waals surface area contributed by atoms with Crippen molar-refractivity contribution in [3.63, 3.8) is 0 Å². The first-order chi connectivity index (χ1) is 10.3. The van der Waals surface area contributed by atoms with Gasteiger partial charge in [0.2, 0.25) is 11.1 Å². The molecule has 0 aliphatic carbocycles. The fourth-order valence-corrected chi connectivity index (χ4v) is 1.87. The number of pyridine rings is 1. The lowest BCUT2D eigenvalue weighted by molar-refractivity contribution is -0.141. The number of nitrogens with one attached hydrogen (secondary N) is 1. The average molecular weight is 332 g/mol. The smallest absolute Gasteiger partial charge is 0.318 e. The van der Waals surface area contributed by atoms with E-state index in [4.69, 9.17) is 4.55 Å². The molecule has 11 heteroatoms. The fraction of sp³-hybridized carbons (Fsp3) is 0.0909. The molecule has 0 aliphatic heterocycles. The Kier molecular flexibility index (Phi) is 4.47. The number of anilines is 1. The van der Waals surface area contributed by atoms with Gasteiger partial charge in [-0.25, -0.2) is 9.19 Å². The third kappa shape index (κ3) is 3.62. The summed E-state index contributed by atoms with van der Waals surface area (Å²) in [6, 6.07) is 4.17. The van der Waals surface area contributed by atoms with Crippen molar-refractivity contribution >= 4 is 22.7 Å². The van der Waals surface area contributed by atoms with E-state index in [1.54, 1.807) is 0 Å². The van der Waals surface area contributed by atoms with Crippen molar-refractivity contribution in [1.82, 2.24) is 15.2 Å². The van der Waals surface area contributed by atoms with Crippen LogP contribution >= 0.6 is 0 Å². The van der Waals surface area contributed by atoms with Gasteiger partial charge in [-0.15, -0.1) is 10.2 Å². The van der Waals surface area contributed by atoms with Gasteiger partial charge in [0, 0.05) is 6.20 Å². The highest BCUT2D eigenvalue weighted by molar-refractivity contribution is 7.79. The lowest BCUT2D eigenvalue weighted by Gasteiger charge is -2.08. The minimum Gasteiger partial charge on any atom is -0.318 e. The Morgan fingerprint density at radius 2 is 1.95 bits per heavy atom. The molecular formula is C11H7F3N4O3S. The zero-order chi connectivity index (χ0) is 16.3. The zero-order valence-corrected chi connectivity index (χ0v) is 11.4. The molecule has 0 aliphatic rings. The summed E-state index contributed by atoms with van der Waals surface area (Å²) in [4.78, 5) is 15.5. The van der Waals surface area contributed by atoms with Gasteiger partial charge in [0.25, 0.3) is 5.91 Å². The monoisotopic (exact) mass is 332 g/mol. The molecule has 7 nitrogen and oxygen atoms in total. The van der Waals surface area contributed by atoms with E-state index in [0.29, 0.717) is 6.07 Å². The minimum atomic E-state index is -4.66. The maximum Gasteiger partial charge on any atom is 0.435 e. The summed E-state index contributed by atoms with van der Waals surface area (Å²) >= 11 is -2.44. The van der Waals surface area contributed by atoms with E-state index >= 15 is 0 Å². The maximum atomic E-state index is 12.3. The molecule has 2 heterocycles. The summed E-state index contributed by atoms with van der Waals surface area (Å²) in [5.41, 5.74) is -1.68. The predicted molar refractivity (Wildman–Crippen MR) is 68.3 cm³/mol. The van der Waals surface area contributed by atoms with Crippen molar-refractivity contribution < 1.29 is 26.7 Å². The molecule has 116 valence electrons. The number of alkyl halides is 3. The third-order valence-corrected chi connectivity index (χ3v) is 3.03. The van der Waals surface area contributed by atoms with Crippen molar-refractivity contribution in [3.8, 4) is 0 Å². The third-order valence-electron chi connectivity index (χ3n) is 2.37. The summed E-state index contributed by atoms with van der Waals surface area (Å²) in [6.45, 7) is 0. The van der Waals surface area contributed by atoms with Crippen molar-refractivity contribution in [2.24, 2.45) is 0 Å². The highest BCUT2D eigenvalue weighted by Gasteiger charge is 2.33. The highest BCUT2D eigenvalue weighted by Crippen LogP contribution is 2.26. The molecule has 0 spiro atoms. The summed E-state index contributed by atoms with van der Waals surface area (Å²) in [5, 5.41) is 8.02. The molecule has 2 rings (SSSR count). The molecule has 1 unspecified atom stereocenters. The summed E-state index contributed by atoms with van der Waals surface area (Å²) in [5.74, 6) is -0.888. The first kappa shape index (κ1) is 16.0. The Morgan fingerprint density at radius 1 is 1.23 bits per heavy atom. The van der Waals surface area contributed by atoms with Gasteiger partial charge < -0.3 is 9.87 Å². The van der Waals surface area contributed by atoms with Crippen LogP contribution in [-0.2, 0) is 17.3 Å². The van der Waals surface area contributed by atoms with Crippen LogP contribution in [0.25, 0.3) is 0 Å². The molecule has 0 radical (unpaired) electrons. The zero-order valence-electron chi connectivity index (χ0n) is 10.5. The molecule has 2 aromatic rings. The first-order valence-electron chi connectivity index (χ1n) is 5.57. The topological polar surface area (TPSA) is 105 Å². The van der Waals surface area contributed by atoms with Gasteiger partial charge in [-0.3, -0.25) is 4.79 Å². The number of hydrogen-bond donors (Lipinski definition) is 2. The Balaban J connectivity index is 2.22. The summed E-state index contributed by atoms with van der Waals surface area (Å²) in [7, 11) is 0. The molecule has 2 aromatic heterocycles. The molecule has 0 aromatic carbocycles. The average Bonchev–Trinajstić information content (AvgIpc) is 2.46. The van der Waals surface area contributed by atoms with Gasteiger partial charge >= 0.3 is 6.18 Å². The molecule has 22 heavy (non-hydrogen) atoms. The van der Waals surface area contributed by atoms with Gasteiger partial charge in [-0.05, 0) is 24.3 Å². The van der Waals surface area contributed by atoms with Gasteiger partial charge in [-0.1, -0.05) is 0 Å². The molecule has 2 N–H and O–H groups in total. The number of carbonyl (C=O) groups excluding carboxylic acids is 1. The fourth-order valence-electron chi connectivity index (χ4n) is 1.42. The van der Waals surface area contributed by atoms with Crippen LogP contribution in [0.2, 0.25) is 0 Å². The second kappa shape index (κ2) is 6.15. The maximum absolute atomic E-state index is 12.3. The minimum absolute atomic E-state index is 0.0602. The Hall–Kier alpha value is -2.40. The van der Waals surface area contributed by atoms with E-state index < -0.39 is 28.9 Å². The van der Waals surface area contributed by atoms with Gasteiger partial charge in [0.1, 0.15) is 0 Å². The van der Waals surface area contributed by atoms with Crippen LogP contribution in [0.4, 0.5) is 18.9 Å². The van der Waals surface area contributed by atoms with Crippen LogP contribution in [0, 0.1) is 0 Å². The van der Waals surface area contributed by atoms with E-state index in [9.17, 15) is 22.2 Å². The van der Waals surface area contributed by atoms with Crippen molar-refractivity contribution in [2.45, 2.75) is 11.2 Å². The lowest BCUT2D eigenvalue weighted by atomic mass is 10.3. The summed E-state index contributed by atoms with van der Waals surface area (Å²) < 4.78 is 57.1. The van der Waals surface area contributed by atoms with Gasteiger partial charge in [-0.2, -0.15) is 13.2 Å². The number of aromatic nitrogens is 3. The molecule has 0 saturated heterocycles. The van der Waals surface area contributed by atoms with E-state index in [1.165, 1.54) is 18.3 Å². The quantitative estimate of drug-likeness (QED) is 0.829. The Bertz CT molecular complexity index is 721. The van der Waals surface area contributed by atoms with Crippen LogP contribution in [-0.4, -0.2) is 29.9 Å². The van der Waals surface area contributed by atoms with Crippen LogP contribution in [0.15, 0.2) is 35.5 Å². The van der Waals surface area contributed by atoms with E-state index in [2.05, 4.69) is 20.5 Å². The number of rotatable bonds is 3. The van der Waals surface area contributed by atoms with Crippen molar-refractivity contribution in [3.05, 3.63) is 41.9 Å². The van der Waals surface area contributed by atoms with Crippen molar-refractivity contribution in [1.29, 1.82) is 0 Å². The second-order valence-corrected chi connectivity index (χ2v) is 4.75.